The molecule has 37 atom stereocenters. The van der Waals surface area contributed by atoms with Gasteiger partial charge in [0, 0.05) is 5.41 Å². The predicted molar refractivity (Wildman–Crippen MR) is 319 cm³/mol. The summed E-state index contributed by atoms with van der Waals surface area (Å²) in [5.74, 6) is -6.41. The number of aliphatic carboxylic acids is 1. The average Bonchev–Trinajstić information content (AvgIpc) is 0.710. The van der Waals surface area contributed by atoms with Crippen molar-refractivity contribution in [3.05, 3.63) is 11.6 Å². The SMILES string of the molecule is C[C@@H]1O[C@@H](O[C@H]2[C@H](OC(=O)[C@]34CCC(C)(C)C[C@H]3C3=CC[C@@H]5[C@@]6(C)C[C@H](O)[C@H](O[C@@H]7O[C@H](CO)[C@@H](O)[C@H](O)[C@H]7O)[C@@](C)(C(=O)O)[C@@H]6CC[C@@]5(C)[C@]3(CO)CC4)O[C@H](C)[C@H](O)[C@@H]2O)[C@H](O)[C@H](O)[C@H]1O[C@@H]1OC[C@@H](O[C@@H]2O[C@@](CO)(O[C@@H]3OC[C@](O)(CO)[C@H]3O)[C@H](O)[C@H](O)[C@H]2O)[C@H](O)[C@H]1O. The van der Waals surface area contributed by atoms with Crippen LogP contribution in [-0.2, 0) is 66.4 Å². The highest BCUT2D eigenvalue weighted by molar-refractivity contribution is 5.79. The number of carbonyl (C=O) groups excluding carboxylic acids is 1. The van der Waals surface area contributed by atoms with Crippen molar-refractivity contribution in [1.82, 2.24) is 0 Å². The Labute approximate surface area is 564 Å². The molecule has 0 radical (unpaired) electrons. The first-order chi connectivity index (χ1) is 45.8. The third kappa shape index (κ3) is 12.2. The summed E-state index contributed by atoms with van der Waals surface area (Å²) in [6.07, 6.45) is -43.9. The van der Waals surface area contributed by atoms with Gasteiger partial charge in [-0.1, -0.05) is 39.3 Å². The molecule has 0 aromatic heterocycles. The van der Waals surface area contributed by atoms with Crippen molar-refractivity contribution in [2.45, 2.75) is 284 Å². The van der Waals surface area contributed by atoms with E-state index in [4.69, 9.17) is 56.8 Å². The van der Waals surface area contributed by atoms with Gasteiger partial charge in [0.25, 0.3) is 0 Å². The molecule has 562 valence electrons. The van der Waals surface area contributed by atoms with Crippen LogP contribution in [0.5, 0.6) is 0 Å². The summed E-state index contributed by atoms with van der Waals surface area (Å²) in [5, 5.41) is 220. The van der Waals surface area contributed by atoms with Crippen molar-refractivity contribution in [1.29, 1.82) is 0 Å². The van der Waals surface area contributed by atoms with E-state index in [1.165, 1.54) is 20.8 Å². The Morgan fingerprint density at radius 1 is 0.571 bits per heavy atom. The number of hydrogen-bond acceptors (Lipinski definition) is 33. The molecule has 5 aliphatic carbocycles. The van der Waals surface area contributed by atoms with Crippen LogP contribution < -0.4 is 0 Å². The lowest BCUT2D eigenvalue weighted by atomic mass is 9.33. The Bertz CT molecular complexity index is 2860. The summed E-state index contributed by atoms with van der Waals surface area (Å²) >= 11 is 0. The molecule has 10 fully saturated rings. The molecule has 0 aromatic rings. The van der Waals surface area contributed by atoms with E-state index in [-0.39, 0.29) is 43.6 Å². The highest BCUT2D eigenvalue weighted by Gasteiger charge is 2.74. The van der Waals surface area contributed by atoms with E-state index in [9.17, 15) is 107 Å². The van der Waals surface area contributed by atoms with E-state index < -0.39 is 261 Å². The van der Waals surface area contributed by atoms with E-state index in [1.54, 1.807) is 0 Å². The Morgan fingerprint density at radius 3 is 1.84 bits per heavy atom. The van der Waals surface area contributed by atoms with Crippen LogP contribution in [0.3, 0.4) is 0 Å². The molecule has 0 aromatic carbocycles. The lowest BCUT2D eigenvalue weighted by Gasteiger charge is -2.71. The first kappa shape index (κ1) is 76.6. The number of carbonyl (C=O) groups is 2. The number of aliphatic hydroxyl groups is 19. The lowest BCUT2D eigenvalue weighted by Crippen LogP contribution is -2.71. The molecular weight excluding hydrogens is 1310 g/mol. The zero-order valence-corrected chi connectivity index (χ0v) is 55.7. The first-order valence-corrected chi connectivity index (χ1v) is 33.9. The number of esters is 1. The van der Waals surface area contributed by atoms with Crippen LogP contribution in [-0.4, -0.2) is 331 Å². The summed E-state index contributed by atoms with van der Waals surface area (Å²) < 4.78 is 70.1. The zero-order chi connectivity index (χ0) is 71.9. The summed E-state index contributed by atoms with van der Waals surface area (Å²) in [7, 11) is 0. The van der Waals surface area contributed by atoms with Gasteiger partial charge >= 0.3 is 11.9 Å². The number of fused-ring (bicyclic) bond motifs is 7. The summed E-state index contributed by atoms with van der Waals surface area (Å²) in [6, 6.07) is 0. The molecule has 0 unspecified atom stereocenters. The molecule has 6 saturated heterocycles. The van der Waals surface area contributed by atoms with Gasteiger partial charge in [-0.2, -0.15) is 0 Å². The minimum Gasteiger partial charge on any atom is -0.481 e. The minimum absolute atomic E-state index is 0.0111. The van der Waals surface area contributed by atoms with Gasteiger partial charge in [-0.25, -0.2) is 0 Å². The monoisotopic (exact) mass is 1410 g/mol. The van der Waals surface area contributed by atoms with Gasteiger partial charge in [0.05, 0.1) is 62.2 Å². The fraction of sp³-hybridized carbons (Fsp3) is 0.938. The molecule has 0 amide bonds. The quantitative estimate of drug-likeness (QED) is 0.0366. The number of aliphatic hydroxyl groups excluding tert-OH is 18. The number of rotatable bonds is 17. The van der Waals surface area contributed by atoms with Gasteiger partial charge < -0.3 is 159 Å². The minimum atomic E-state index is -2.75. The van der Waals surface area contributed by atoms with Crippen LogP contribution in [0.1, 0.15) is 106 Å². The fourth-order valence-electron chi connectivity index (χ4n) is 19.0. The molecule has 34 nitrogen and oxygen atoms in total. The molecule has 98 heavy (non-hydrogen) atoms. The topological polar surface area (TPSA) is 550 Å². The second-order valence-electron chi connectivity index (χ2n) is 31.1. The smallest absolute Gasteiger partial charge is 0.315 e. The molecular formula is C64H102O34. The molecule has 6 aliphatic heterocycles. The lowest BCUT2D eigenvalue weighted by molar-refractivity contribution is -0.443. The number of carboxylic acids is 1. The molecule has 20 N–H and O–H groups in total. The van der Waals surface area contributed by atoms with Crippen LogP contribution in [0.25, 0.3) is 0 Å². The van der Waals surface area contributed by atoms with Crippen molar-refractivity contribution in [3.8, 4) is 0 Å². The van der Waals surface area contributed by atoms with Crippen LogP contribution in [0.2, 0.25) is 0 Å². The molecule has 11 aliphatic rings. The highest BCUT2D eigenvalue weighted by Crippen LogP contribution is 2.76. The first-order valence-electron chi connectivity index (χ1n) is 33.9. The van der Waals surface area contributed by atoms with Gasteiger partial charge in [0.15, 0.2) is 37.6 Å². The van der Waals surface area contributed by atoms with Crippen LogP contribution in [0, 0.1) is 50.2 Å². The van der Waals surface area contributed by atoms with Crippen LogP contribution in [0.4, 0.5) is 0 Å². The maximum absolute atomic E-state index is 15.6. The maximum Gasteiger partial charge on any atom is 0.315 e. The van der Waals surface area contributed by atoms with E-state index >= 15 is 4.79 Å². The standard InChI is InChI=1S/C64H102O34/c1-24-33(70)37(74)45(94-50-42(79)38(75)44(25(2)90-50)93-49-40(77)35(72)30(19-87-49)92-52-43(80)39(76)46(81)64(22-68,97-52)98-54-47(82)63(86,21-67)23-88-54)53(89-24)96-56(85)61-13-12-57(3,4)16-27(61)26-8-9-31-58(5)17-28(69)48(95-51-41(78)36(73)34(71)29(18-65)91-51)60(7,55(83)84)32(58)10-11-59(31,6)62(26,20-66)15-14-61/h8,24-25,27-54,65-82,86H,9-23H2,1-7H3,(H,83,84)/t24-,25+,27+,28+,29-,30-,31-,32-,33+,34-,35+,36+,37+,38+,39-,40-,41-,42-,43-,44+,45-,46-,47+,48+,49+,50+,51+,52-,53+,54+,58-,59-,60+,61+,62+,63-,64+/m1/s1. The summed E-state index contributed by atoms with van der Waals surface area (Å²) in [5.41, 5.74) is -7.61. The van der Waals surface area contributed by atoms with Crippen LogP contribution >= 0.6 is 0 Å². The number of allylic oxidation sites excluding steroid dienone is 1. The second kappa shape index (κ2) is 27.8. The molecule has 0 bridgehead atoms. The number of carboxylic acid groups (broad SMARTS) is 1. The predicted octanol–water partition coefficient (Wildman–Crippen LogP) is -6.72. The molecule has 11 rings (SSSR count). The van der Waals surface area contributed by atoms with E-state index in [2.05, 4.69) is 26.8 Å². The average molecular weight is 1420 g/mol. The second-order valence-corrected chi connectivity index (χ2v) is 31.1. The summed E-state index contributed by atoms with van der Waals surface area (Å²) in [4.78, 5) is 29.4. The van der Waals surface area contributed by atoms with Crippen molar-refractivity contribution in [2.75, 3.05) is 39.6 Å². The largest absolute Gasteiger partial charge is 0.481 e. The zero-order valence-electron chi connectivity index (χ0n) is 55.7. The highest BCUT2D eigenvalue weighted by atomic mass is 16.8. The van der Waals surface area contributed by atoms with Gasteiger partial charge in [-0.3, -0.25) is 9.59 Å². The summed E-state index contributed by atoms with van der Waals surface area (Å²) in [6.45, 7) is 7.70. The Kier molecular flexibility index (Phi) is 21.7. The number of ether oxygens (including phenoxy) is 12. The molecule has 34 heteroatoms. The van der Waals surface area contributed by atoms with Gasteiger partial charge in [-0.05, 0) is 113 Å². The van der Waals surface area contributed by atoms with E-state index in [1.807, 2.05) is 6.92 Å². The molecule has 0 spiro atoms. The van der Waals surface area contributed by atoms with Gasteiger partial charge in [0.1, 0.15) is 116 Å². The Morgan fingerprint density at radius 2 is 1.19 bits per heavy atom. The molecule has 4 saturated carbocycles. The van der Waals surface area contributed by atoms with Gasteiger partial charge in [-0.15, -0.1) is 0 Å². The van der Waals surface area contributed by atoms with Gasteiger partial charge in [0.2, 0.25) is 12.1 Å². The van der Waals surface area contributed by atoms with Crippen molar-refractivity contribution >= 4 is 11.9 Å². The Hall–Kier alpha value is -2.52. The normalized spacial score (nSPS) is 54.9. The third-order valence-electron chi connectivity index (χ3n) is 25.1. The van der Waals surface area contributed by atoms with E-state index in [0.717, 1.165) is 5.57 Å². The number of hydrogen-bond donors (Lipinski definition) is 20. The van der Waals surface area contributed by atoms with Crippen LogP contribution in [0.15, 0.2) is 11.6 Å². The maximum atomic E-state index is 15.6. The molecule has 6 heterocycles. The fourth-order valence-corrected chi connectivity index (χ4v) is 19.0. The van der Waals surface area contributed by atoms with Crippen molar-refractivity contribution in [3.63, 3.8) is 0 Å². The van der Waals surface area contributed by atoms with Crippen molar-refractivity contribution in [2.24, 2.45) is 50.2 Å². The van der Waals surface area contributed by atoms with Crippen molar-refractivity contribution < 1.29 is 169 Å². The Balaban J connectivity index is 0.773. The van der Waals surface area contributed by atoms with E-state index in [0.29, 0.717) is 32.1 Å². The third-order valence-corrected chi connectivity index (χ3v) is 25.1.